The van der Waals surface area contributed by atoms with Crippen LogP contribution in [0, 0.1) is 29.6 Å². The molecule has 4 heterocycles. The van der Waals surface area contributed by atoms with E-state index in [9.17, 15) is 9.00 Å². The van der Waals surface area contributed by atoms with E-state index in [4.69, 9.17) is 21.1 Å². The summed E-state index contributed by atoms with van der Waals surface area (Å²) in [5.41, 5.74) is 3.38. The zero-order chi connectivity index (χ0) is 36.4. The number of ether oxygens (including phenoxy) is 2. The van der Waals surface area contributed by atoms with Crippen molar-refractivity contribution in [1.29, 1.82) is 0 Å². The van der Waals surface area contributed by atoms with Crippen molar-refractivity contribution in [3.63, 3.8) is 0 Å². The summed E-state index contributed by atoms with van der Waals surface area (Å²) in [6.07, 6.45) is 10.7. The number of halogens is 1. The Morgan fingerprint density at radius 2 is 1.85 bits per heavy atom. The SMILES string of the molecule is C=S1(=O)NC(=O)c2ccc3c(c2)N(C[C@@H]2CC[C@H]2[C@](CN2C[C@H]4CN(C)C[C@H]4C2)(OC)/C=C/C[C@H](C)[C@H]1C)C[C@@]1(CCCc2cc(Cl)ccc21)CO3. The van der Waals surface area contributed by atoms with Gasteiger partial charge in [-0.3, -0.25) is 14.4 Å². The van der Waals surface area contributed by atoms with Crippen molar-refractivity contribution >= 4 is 38.8 Å². The summed E-state index contributed by atoms with van der Waals surface area (Å²) >= 11 is 6.52. The van der Waals surface area contributed by atoms with Gasteiger partial charge in [-0.05, 0) is 129 Å². The minimum Gasteiger partial charge on any atom is -0.490 e. The van der Waals surface area contributed by atoms with Crippen LogP contribution in [0.2, 0.25) is 5.02 Å². The Balaban J connectivity index is 1.19. The number of anilines is 1. The molecule has 10 heteroatoms. The number of methoxy groups -OCH3 is 1. The first-order valence-electron chi connectivity index (χ1n) is 19.5. The lowest BCUT2D eigenvalue weighted by Crippen LogP contribution is -2.57. The lowest BCUT2D eigenvalue weighted by molar-refractivity contribution is -0.0899. The standard InChI is InChI=1S/C42H57ClN4O4S/c1-28-8-6-17-42(50-4,26-46-22-33-20-45(3)21-34(33)23-46)37-13-10-32(37)24-47-25-41(16-7-9-30-18-35(43)12-14-36(30)41)27-51-39-15-11-31(19-38(39)47)40(48)44-52(5,49)29(28)2/h6,11-12,14-15,17-19,28-29,32-34,37H,5,7-10,13,16,20-27H2,1-4H3,(H,44,48,49)/b17-6+/t28-,29+,32-,33-,34+,37+,41-,42-,52?/m0/s1. The summed E-state index contributed by atoms with van der Waals surface area (Å²) in [4.78, 5) is 21.5. The first-order valence-corrected chi connectivity index (χ1v) is 21.7. The Morgan fingerprint density at radius 1 is 1.06 bits per heavy atom. The summed E-state index contributed by atoms with van der Waals surface area (Å²) < 4.78 is 30.4. The minimum absolute atomic E-state index is 0.0447. The van der Waals surface area contributed by atoms with Crippen LogP contribution >= 0.6 is 11.6 Å². The molecule has 282 valence electrons. The fourth-order valence-electron chi connectivity index (χ4n) is 10.7. The van der Waals surface area contributed by atoms with Crippen LogP contribution in [0.15, 0.2) is 48.6 Å². The van der Waals surface area contributed by atoms with Crippen molar-refractivity contribution < 1.29 is 18.5 Å². The van der Waals surface area contributed by atoms with E-state index in [0.717, 1.165) is 99.5 Å². The molecule has 1 saturated carbocycles. The summed E-state index contributed by atoms with van der Waals surface area (Å²) in [5, 5.41) is 0.452. The zero-order valence-corrected chi connectivity index (χ0v) is 33.0. The number of carbonyl (C=O) groups excluding carboxylic acids is 1. The number of nitrogens with one attached hydrogen (secondary N) is 1. The third-order valence-electron chi connectivity index (χ3n) is 14.0. The van der Waals surface area contributed by atoms with E-state index in [0.29, 0.717) is 24.0 Å². The molecule has 8 rings (SSSR count). The van der Waals surface area contributed by atoms with E-state index in [-0.39, 0.29) is 22.5 Å². The molecule has 52 heavy (non-hydrogen) atoms. The number of rotatable bonds is 3. The van der Waals surface area contributed by atoms with E-state index >= 15 is 0 Å². The van der Waals surface area contributed by atoms with Crippen LogP contribution in [-0.4, -0.2) is 103 Å². The third-order valence-corrected chi connectivity index (χ3v) is 16.4. The molecule has 4 aliphatic heterocycles. The Morgan fingerprint density at radius 3 is 2.58 bits per heavy atom. The van der Waals surface area contributed by atoms with Gasteiger partial charge in [0.05, 0.1) is 22.0 Å². The van der Waals surface area contributed by atoms with Gasteiger partial charge in [-0.2, -0.15) is 0 Å². The molecule has 2 aromatic rings. The Bertz CT molecular complexity index is 1820. The maximum atomic E-state index is 14.1. The van der Waals surface area contributed by atoms with Gasteiger partial charge in [0.1, 0.15) is 11.4 Å². The van der Waals surface area contributed by atoms with Crippen molar-refractivity contribution in [2.45, 2.75) is 68.6 Å². The monoisotopic (exact) mass is 748 g/mol. The number of hydrogen-bond acceptors (Lipinski definition) is 7. The molecule has 1 amide bonds. The number of allylic oxidation sites excluding steroid dienone is 1. The molecule has 1 N–H and O–H groups in total. The fraction of sp³-hybridized carbons (Fsp3) is 0.619. The van der Waals surface area contributed by atoms with Crippen molar-refractivity contribution in [2.24, 2.45) is 29.6 Å². The summed E-state index contributed by atoms with van der Waals surface area (Å²) in [5.74, 6) is 6.73. The number of amides is 1. The number of benzene rings is 2. The zero-order valence-electron chi connectivity index (χ0n) is 31.5. The number of carbonyl (C=O) groups is 1. The second-order valence-corrected chi connectivity index (χ2v) is 20.1. The predicted molar refractivity (Wildman–Crippen MR) is 212 cm³/mol. The lowest BCUT2D eigenvalue weighted by Gasteiger charge is -2.51. The largest absolute Gasteiger partial charge is 0.490 e. The number of hydrogen-bond donors (Lipinski definition) is 1. The molecule has 2 aliphatic carbocycles. The van der Waals surface area contributed by atoms with Gasteiger partial charge in [-0.1, -0.05) is 36.7 Å². The van der Waals surface area contributed by atoms with Gasteiger partial charge < -0.3 is 19.3 Å². The normalized spacial score (nSPS) is 38.7. The highest BCUT2D eigenvalue weighted by Gasteiger charge is 2.51. The van der Waals surface area contributed by atoms with Crippen LogP contribution in [0.5, 0.6) is 5.75 Å². The molecule has 0 radical (unpaired) electrons. The van der Waals surface area contributed by atoms with Gasteiger partial charge >= 0.3 is 0 Å². The molecule has 0 aromatic heterocycles. The Labute approximate surface area is 316 Å². The van der Waals surface area contributed by atoms with Gasteiger partial charge in [-0.25, -0.2) is 4.21 Å². The van der Waals surface area contributed by atoms with Gasteiger partial charge in [0.2, 0.25) is 0 Å². The maximum absolute atomic E-state index is 14.1. The third kappa shape index (κ3) is 6.61. The van der Waals surface area contributed by atoms with Crippen LogP contribution in [0.1, 0.15) is 67.4 Å². The Kier molecular flexibility index (Phi) is 9.76. The highest BCUT2D eigenvalue weighted by molar-refractivity contribution is 7.99. The number of nitrogens with zero attached hydrogens (tertiary/aromatic N) is 3. The molecular weight excluding hydrogens is 692 g/mol. The van der Waals surface area contributed by atoms with Crippen LogP contribution in [-0.2, 0) is 26.3 Å². The molecule has 1 spiro atoms. The molecule has 1 unspecified atom stereocenters. The van der Waals surface area contributed by atoms with Crippen LogP contribution in [0.4, 0.5) is 5.69 Å². The molecule has 9 atom stereocenters. The van der Waals surface area contributed by atoms with Crippen molar-refractivity contribution in [3.8, 4) is 5.75 Å². The first kappa shape index (κ1) is 36.4. The number of aryl methyl sites for hydroxylation is 1. The van der Waals surface area contributed by atoms with Gasteiger partial charge in [0, 0.05) is 74.2 Å². The van der Waals surface area contributed by atoms with E-state index in [1.165, 1.54) is 24.2 Å². The highest BCUT2D eigenvalue weighted by atomic mass is 35.5. The van der Waals surface area contributed by atoms with Crippen molar-refractivity contribution in [2.75, 3.05) is 71.5 Å². The van der Waals surface area contributed by atoms with Crippen molar-refractivity contribution in [1.82, 2.24) is 14.5 Å². The maximum Gasteiger partial charge on any atom is 0.262 e. The molecule has 2 aromatic carbocycles. The topological polar surface area (TPSA) is 74.4 Å². The van der Waals surface area contributed by atoms with Crippen molar-refractivity contribution in [3.05, 3.63) is 70.3 Å². The average molecular weight is 749 g/mol. The Hall–Kier alpha value is -2.56. The van der Waals surface area contributed by atoms with Gasteiger partial charge in [-0.15, -0.1) is 0 Å². The van der Waals surface area contributed by atoms with Crippen LogP contribution in [0.25, 0.3) is 0 Å². The van der Waals surface area contributed by atoms with Gasteiger partial charge in [0.15, 0.2) is 0 Å². The summed E-state index contributed by atoms with van der Waals surface area (Å²) in [7, 11) is 1.22. The quantitative estimate of drug-likeness (QED) is 0.302. The molecule has 2 bridgehead atoms. The predicted octanol–water partition coefficient (Wildman–Crippen LogP) is 6.06. The summed E-state index contributed by atoms with van der Waals surface area (Å²) in [6, 6.07) is 12.1. The molecule has 8 nitrogen and oxygen atoms in total. The first-order chi connectivity index (χ1) is 24.9. The highest BCUT2D eigenvalue weighted by Crippen LogP contribution is 2.50. The second kappa shape index (κ2) is 13.9. The lowest BCUT2D eigenvalue weighted by atomic mass is 9.63. The minimum atomic E-state index is -2.94. The smallest absolute Gasteiger partial charge is 0.262 e. The van der Waals surface area contributed by atoms with E-state index in [2.05, 4.69) is 63.5 Å². The molecule has 6 aliphatic rings. The van der Waals surface area contributed by atoms with E-state index in [1.807, 2.05) is 32.2 Å². The number of fused-ring (bicyclic) bond motifs is 5. The van der Waals surface area contributed by atoms with Crippen LogP contribution < -0.4 is 14.4 Å². The van der Waals surface area contributed by atoms with Gasteiger partial charge in [0.25, 0.3) is 5.91 Å². The average Bonchev–Trinajstić information content (AvgIpc) is 3.58. The van der Waals surface area contributed by atoms with Crippen LogP contribution in [0.3, 0.4) is 0 Å². The van der Waals surface area contributed by atoms with E-state index < -0.39 is 15.3 Å². The summed E-state index contributed by atoms with van der Waals surface area (Å²) in [6.45, 7) is 11.7. The fourth-order valence-corrected chi connectivity index (χ4v) is 12.4. The van der Waals surface area contributed by atoms with E-state index in [1.54, 1.807) is 6.07 Å². The molecule has 3 fully saturated rings. The number of likely N-dealkylation sites (tertiary alicyclic amines) is 2. The molecule has 2 saturated heterocycles. The molecular formula is C42H57ClN4O4S. The second-order valence-electron chi connectivity index (χ2n) is 17.3.